The smallest absolute Gasteiger partial charge is 0.244 e. The predicted molar refractivity (Wildman–Crippen MR) is 120 cm³/mol. The zero-order valence-corrected chi connectivity index (χ0v) is 17.8. The maximum Gasteiger partial charge on any atom is 0.244 e. The van der Waals surface area contributed by atoms with Gasteiger partial charge in [-0.3, -0.25) is 9.59 Å². The van der Waals surface area contributed by atoms with E-state index < -0.39 is 0 Å². The molecule has 1 N–H and O–H groups in total. The summed E-state index contributed by atoms with van der Waals surface area (Å²) in [6, 6.07) is 15.2. The second kappa shape index (κ2) is 10.7. The fraction of sp³-hybridized carbons (Fsp3) is 0.304. The molecule has 0 aliphatic carbocycles. The summed E-state index contributed by atoms with van der Waals surface area (Å²) in [6.45, 7) is 3.18. The van der Waals surface area contributed by atoms with Crippen molar-refractivity contribution in [2.45, 2.75) is 6.42 Å². The first-order valence-corrected chi connectivity index (χ1v) is 10.3. The third kappa shape index (κ3) is 6.26. The van der Waals surface area contributed by atoms with Crippen molar-refractivity contribution in [2.24, 2.45) is 0 Å². The summed E-state index contributed by atoms with van der Waals surface area (Å²) in [5.74, 6) is 0.605. The summed E-state index contributed by atoms with van der Waals surface area (Å²) in [6.07, 6.45) is 3.49. The van der Waals surface area contributed by atoms with Crippen LogP contribution in [-0.2, 0) is 9.59 Å². The lowest BCUT2D eigenvalue weighted by Gasteiger charge is -2.36. The van der Waals surface area contributed by atoms with Gasteiger partial charge in [0.2, 0.25) is 11.8 Å². The van der Waals surface area contributed by atoms with Crippen LogP contribution in [0.4, 0.5) is 5.69 Å². The zero-order valence-electron chi connectivity index (χ0n) is 17.0. The molecule has 1 heterocycles. The quantitative estimate of drug-likeness (QED) is 0.689. The average molecular weight is 428 g/mol. The number of piperazine rings is 1. The number of methoxy groups -OCH3 is 1. The van der Waals surface area contributed by atoms with E-state index in [1.54, 1.807) is 13.2 Å². The molecule has 158 valence electrons. The van der Waals surface area contributed by atoms with Crippen molar-refractivity contribution in [2.75, 3.05) is 44.7 Å². The molecule has 3 rings (SSSR count). The third-order valence-electron chi connectivity index (χ3n) is 4.99. The van der Waals surface area contributed by atoms with Gasteiger partial charge in [-0.1, -0.05) is 29.8 Å². The predicted octanol–water partition coefficient (Wildman–Crippen LogP) is 3.22. The van der Waals surface area contributed by atoms with Crippen molar-refractivity contribution in [3.63, 3.8) is 0 Å². The van der Waals surface area contributed by atoms with Crippen molar-refractivity contribution in [1.82, 2.24) is 10.2 Å². The van der Waals surface area contributed by atoms with Crippen molar-refractivity contribution in [1.29, 1.82) is 0 Å². The molecule has 0 spiro atoms. The second-order valence-corrected chi connectivity index (χ2v) is 7.43. The molecule has 1 saturated heterocycles. The van der Waals surface area contributed by atoms with E-state index in [1.165, 1.54) is 6.08 Å². The lowest BCUT2D eigenvalue weighted by molar-refractivity contribution is -0.131. The van der Waals surface area contributed by atoms with Gasteiger partial charge in [0.05, 0.1) is 7.11 Å². The number of nitrogens with one attached hydrogen (secondary N) is 1. The number of anilines is 1. The molecule has 2 amide bonds. The molecular formula is C23H26ClN3O3. The zero-order chi connectivity index (χ0) is 21.3. The molecule has 0 saturated carbocycles. The Hall–Kier alpha value is -2.99. The maximum absolute atomic E-state index is 12.4. The van der Waals surface area contributed by atoms with Gasteiger partial charge in [-0.25, -0.2) is 0 Å². The highest BCUT2D eigenvalue weighted by atomic mass is 35.5. The van der Waals surface area contributed by atoms with Crippen LogP contribution in [0.3, 0.4) is 0 Å². The van der Waals surface area contributed by atoms with E-state index in [2.05, 4.69) is 10.2 Å². The van der Waals surface area contributed by atoms with E-state index in [0.29, 0.717) is 31.1 Å². The monoisotopic (exact) mass is 427 g/mol. The van der Waals surface area contributed by atoms with Crippen molar-refractivity contribution in [3.8, 4) is 5.75 Å². The van der Waals surface area contributed by atoms with Gasteiger partial charge in [0.15, 0.2) is 0 Å². The lowest BCUT2D eigenvalue weighted by Crippen LogP contribution is -2.49. The number of hydrogen-bond acceptors (Lipinski definition) is 4. The van der Waals surface area contributed by atoms with Gasteiger partial charge < -0.3 is 19.9 Å². The number of hydrogen-bond donors (Lipinski definition) is 1. The largest absolute Gasteiger partial charge is 0.497 e. The standard InChI is InChI=1S/C23H26ClN3O3/c1-30-21-8-5-18(6-9-21)7-10-22(28)25-12-11-23(29)27-15-13-26(14-16-27)20-4-2-3-19(24)17-20/h2-10,17H,11-16H2,1H3,(H,25,28). The summed E-state index contributed by atoms with van der Waals surface area (Å²) in [5, 5.41) is 3.47. The number of nitrogens with zero attached hydrogens (tertiary/aromatic N) is 2. The van der Waals surface area contributed by atoms with Crippen LogP contribution in [0.2, 0.25) is 5.02 Å². The first-order chi connectivity index (χ1) is 14.5. The molecule has 2 aromatic rings. The Morgan fingerprint density at radius 1 is 1.10 bits per heavy atom. The van der Waals surface area contributed by atoms with Crippen LogP contribution < -0.4 is 15.0 Å². The third-order valence-corrected chi connectivity index (χ3v) is 5.22. The van der Waals surface area contributed by atoms with Crippen LogP contribution in [0.25, 0.3) is 6.08 Å². The normalized spacial score (nSPS) is 14.1. The Labute approximate surface area is 182 Å². The summed E-state index contributed by atoms with van der Waals surface area (Å²) in [7, 11) is 1.61. The minimum atomic E-state index is -0.218. The first-order valence-electron chi connectivity index (χ1n) is 9.93. The van der Waals surface area contributed by atoms with Gasteiger partial charge in [-0.15, -0.1) is 0 Å². The van der Waals surface area contributed by atoms with Crippen molar-refractivity contribution < 1.29 is 14.3 Å². The summed E-state index contributed by atoms with van der Waals surface area (Å²) in [5.41, 5.74) is 1.98. The molecule has 30 heavy (non-hydrogen) atoms. The van der Waals surface area contributed by atoms with Gasteiger partial charge >= 0.3 is 0 Å². The van der Waals surface area contributed by atoms with Gasteiger partial charge in [0.1, 0.15) is 5.75 Å². The average Bonchev–Trinajstić information content (AvgIpc) is 2.78. The fourth-order valence-electron chi connectivity index (χ4n) is 3.28. The number of amides is 2. The number of ether oxygens (including phenoxy) is 1. The van der Waals surface area contributed by atoms with Gasteiger partial charge in [-0.05, 0) is 42.0 Å². The van der Waals surface area contributed by atoms with Gasteiger partial charge in [0.25, 0.3) is 0 Å². The van der Waals surface area contributed by atoms with E-state index in [9.17, 15) is 9.59 Å². The molecule has 0 bridgehead atoms. The van der Waals surface area contributed by atoms with Crippen molar-refractivity contribution in [3.05, 3.63) is 65.2 Å². The van der Waals surface area contributed by atoms with Gasteiger partial charge in [0, 0.05) is 55.9 Å². The summed E-state index contributed by atoms with van der Waals surface area (Å²) >= 11 is 6.06. The molecule has 6 nitrogen and oxygen atoms in total. The lowest BCUT2D eigenvalue weighted by atomic mass is 10.2. The van der Waals surface area contributed by atoms with Crippen LogP contribution in [0, 0.1) is 0 Å². The molecule has 2 aromatic carbocycles. The molecular weight excluding hydrogens is 402 g/mol. The highest BCUT2D eigenvalue weighted by molar-refractivity contribution is 6.30. The molecule has 0 unspecified atom stereocenters. The maximum atomic E-state index is 12.4. The highest BCUT2D eigenvalue weighted by Crippen LogP contribution is 2.21. The molecule has 0 aromatic heterocycles. The molecule has 1 aliphatic rings. The molecule has 7 heteroatoms. The second-order valence-electron chi connectivity index (χ2n) is 7.00. The minimum Gasteiger partial charge on any atom is -0.497 e. The Balaban J connectivity index is 1.37. The number of rotatable bonds is 7. The first kappa shape index (κ1) is 21.7. The Kier molecular flexibility index (Phi) is 7.74. The van der Waals surface area contributed by atoms with Crippen LogP contribution >= 0.6 is 11.6 Å². The van der Waals surface area contributed by atoms with Crippen LogP contribution in [-0.4, -0.2) is 56.5 Å². The van der Waals surface area contributed by atoms with Crippen LogP contribution in [0.15, 0.2) is 54.6 Å². The van der Waals surface area contributed by atoms with Gasteiger partial charge in [-0.2, -0.15) is 0 Å². The SMILES string of the molecule is COc1ccc(C=CC(=O)NCCC(=O)N2CCN(c3cccc(Cl)c3)CC2)cc1. The van der Waals surface area contributed by atoms with Crippen LogP contribution in [0.1, 0.15) is 12.0 Å². The summed E-state index contributed by atoms with van der Waals surface area (Å²) in [4.78, 5) is 28.5. The Morgan fingerprint density at radius 3 is 2.50 bits per heavy atom. The van der Waals surface area contributed by atoms with E-state index in [1.807, 2.05) is 53.4 Å². The van der Waals surface area contributed by atoms with E-state index in [0.717, 1.165) is 30.1 Å². The van der Waals surface area contributed by atoms with Crippen molar-refractivity contribution >= 4 is 35.2 Å². The highest BCUT2D eigenvalue weighted by Gasteiger charge is 2.21. The van der Waals surface area contributed by atoms with Crippen LogP contribution in [0.5, 0.6) is 5.75 Å². The molecule has 0 atom stereocenters. The fourth-order valence-corrected chi connectivity index (χ4v) is 3.47. The molecule has 1 fully saturated rings. The topological polar surface area (TPSA) is 61.9 Å². The van der Waals surface area contributed by atoms with E-state index in [4.69, 9.17) is 16.3 Å². The number of carbonyl (C=O) groups excluding carboxylic acids is 2. The van der Waals surface area contributed by atoms with E-state index >= 15 is 0 Å². The number of carbonyl (C=O) groups is 2. The molecule has 1 aliphatic heterocycles. The minimum absolute atomic E-state index is 0.0557. The number of benzene rings is 2. The van der Waals surface area contributed by atoms with E-state index in [-0.39, 0.29) is 11.8 Å². The Morgan fingerprint density at radius 2 is 1.83 bits per heavy atom. The Bertz CT molecular complexity index is 891. The summed E-state index contributed by atoms with van der Waals surface area (Å²) < 4.78 is 5.11. The molecule has 0 radical (unpaired) electrons. The number of halogens is 1.